The summed E-state index contributed by atoms with van der Waals surface area (Å²) >= 11 is 0. The fourth-order valence-electron chi connectivity index (χ4n) is 2.49. The van der Waals surface area contributed by atoms with Crippen LogP contribution in [-0.4, -0.2) is 41.4 Å². The zero-order valence-electron chi connectivity index (χ0n) is 12.4. The number of amides is 1. The SMILES string of the molecule is CCOC(=O)C1CCN(C(=O)c2ccc([N+](=O)[O-])cc2)CC1. The molecule has 2 rings (SSSR count). The van der Waals surface area contributed by atoms with E-state index in [4.69, 9.17) is 4.74 Å². The fourth-order valence-corrected chi connectivity index (χ4v) is 2.49. The number of hydrogen-bond donors (Lipinski definition) is 0. The van der Waals surface area contributed by atoms with Gasteiger partial charge in [-0.3, -0.25) is 19.7 Å². The van der Waals surface area contributed by atoms with Crippen molar-refractivity contribution in [3.63, 3.8) is 0 Å². The standard InChI is InChI=1S/C15H18N2O5/c1-2-22-15(19)12-7-9-16(10-8-12)14(18)11-3-5-13(6-4-11)17(20)21/h3-6,12H,2,7-10H2,1H3. The highest BCUT2D eigenvalue weighted by Gasteiger charge is 2.28. The quantitative estimate of drug-likeness (QED) is 0.482. The van der Waals surface area contributed by atoms with Crippen LogP contribution in [0, 0.1) is 16.0 Å². The lowest BCUT2D eigenvalue weighted by molar-refractivity contribution is -0.384. The van der Waals surface area contributed by atoms with Crippen molar-refractivity contribution in [2.24, 2.45) is 5.92 Å². The number of carbonyl (C=O) groups excluding carboxylic acids is 2. The maximum atomic E-state index is 12.3. The molecule has 0 aromatic heterocycles. The lowest BCUT2D eigenvalue weighted by Gasteiger charge is -2.30. The lowest BCUT2D eigenvalue weighted by Crippen LogP contribution is -2.40. The van der Waals surface area contributed by atoms with Crippen LogP contribution in [0.2, 0.25) is 0 Å². The number of carbonyl (C=O) groups is 2. The molecule has 0 unspecified atom stereocenters. The molecule has 0 atom stereocenters. The molecule has 1 heterocycles. The second-order valence-electron chi connectivity index (χ2n) is 5.12. The molecule has 1 aliphatic rings. The average Bonchev–Trinajstić information content (AvgIpc) is 2.54. The highest BCUT2D eigenvalue weighted by atomic mass is 16.6. The van der Waals surface area contributed by atoms with E-state index in [9.17, 15) is 19.7 Å². The van der Waals surface area contributed by atoms with E-state index in [1.807, 2.05) is 0 Å². The summed E-state index contributed by atoms with van der Waals surface area (Å²) in [5, 5.41) is 10.6. The molecule has 1 amide bonds. The summed E-state index contributed by atoms with van der Waals surface area (Å²) in [6.45, 7) is 3.10. The Morgan fingerprint density at radius 3 is 2.36 bits per heavy atom. The van der Waals surface area contributed by atoms with Crippen LogP contribution in [0.4, 0.5) is 5.69 Å². The van der Waals surface area contributed by atoms with Crippen molar-refractivity contribution in [3.8, 4) is 0 Å². The van der Waals surface area contributed by atoms with Crippen LogP contribution in [0.25, 0.3) is 0 Å². The molecule has 1 aromatic rings. The molecule has 0 saturated carbocycles. The Balaban J connectivity index is 1.94. The molecule has 0 bridgehead atoms. The number of piperidine rings is 1. The summed E-state index contributed by atoms with van der Waals surface area (Å²) < 4.78 is 4.99. The topological polar surface area (TPSA) is 89.8 Å². The third-order valence-electron chi connectivity index (χ3n) is 3.73. The number of likely N-dealkylation sites (tertiary alicyclic amines) is 1. The van der Waals surface area contributed by atoms with E-state index < -0.39 is 4.92 Å². The second kappa shape index (κ2) is 7.02. The van der Waals surface area contributed by atoms with Gasteiger partial charge in [0.25, 0.3) is 11.6 Å². The van der Waals surface area contributed by atoms with Crippen molar-refractivity contribution in [1.29, 1.82) is 0 Å². The van der Waals surface area contributed by atoms with Crippen molar-refractivity contribution in [2.45, 2.75) is 19.8 Å². The minimum absolute atomic E-state index is 0.0439. The molecule has 0 spiro atoms. The summed E-state index contributed by atoms with van der Waals surface area (Å²) in [7, 11) is 0. The molecule has 7 nitrogen and oxygen atoms in total. The van der Waals surface area contributed by atoms with Crippen molar-refractivity contribution in [1.82, 2.24) is 4.90 Å². The monoisotopic (exact) mass is 306 g/mol. The van der Waals surface area contributed by atoms with Gasteiger partial charge in [-0.25, -0.2) is 0 Å². The van der Waals surface area contributed by atoms with Gasteiger partial charge in [-0.1, -0.05) is 0 Å². The van der Waals surface area contributed by atoms with Gasteiger partial charge >= 0.3 is 5.97 Å². The fraction of sp³-hybridized carbons (Fsp3) is 0.467. The van der Waals surface area contributed by atoms with Gasteiger partial charge in [0.1, 0.15) is 0 Å². The minimum Gasteiger partial charge on any atom is -0.466 e. The van der Waals surface area contributed by atoms with Gasteiger partial charge in [0, 0.05) is 30.8 Å². The van der Waals surface area contributed by atoms with Crippen molar-refractivity contribution in [3.05, 3.63) is 39.9 Å². The first kappa shape index (κ1) is 15.9. The highest BCUT2D eigenvalue weighted by molar-refractivity contribution is 5.94. The van der Waals surface area contributed by atoms with E-state index in [1.54, 1.807) is 11.8 Å². The van der Waals surface area contributed by atoms with Gasteiger partial charge in [0.15, 0.2) is 0 Å². The number of nitro benzene ring substituents is 1. The third kappa shape index (κ3) is 3.60. The summed E-state index contributed by atoms with van der Waals surface area (Å²) in [5.74, 6) is -0.525. The first-order chi connectivity index (χ1) is 10.5. The van der Waals surface area contributed by atoms with E-state index in [1.165, 1.54) is 24.3 Å². The molecule has 1 fully saturated rings. The van der Waals surface area contributed by atoms with Crippen LogP contribution in [0.15, 0.2) is 24.3 Å². The first-order valence-corrected chi connectivity index (χ1v) is 7.23. The Kier molecular flexibility index (Phi) is 5.08. The van der Waals surface area contributed by atoms with Crippen LogP contribution < -0.4 is 0 Å². The highest BCUT2D eigenvalue weighted by Crippen LogP contribution is 2.21. The van der Waals surface area contributed by atoms with Crippen LogP contribution in [0.3, 0.4) is 0 Å². The van der Waals surface area contributed by atoms with Crippen LogP contribution in [0.1, 0.15) is 30.1 Å². The zero-order chi connectivity index (χ0) is 16.1. The predicted molar refractivity (Wildman–Crippen MR) is 78.4 cm³/mol. The zero-order valence-corrected chi connectivity index (χ0v) is 12.4. The number of non-ortho nitro benzene ring substituents is 1. The van der Waals surface area contributed by atoms with Crippen LogP contribution >= 0.6 is 0 Å². The summed E-state index contributed by atoms with van der Waals surface area (Å²) in [6, 6.07) is 5.55. The number of hydrogen-bond acceptors (Lipinski definition) is 5. The van der Waals surface area contributed by atoms with Gasteiger partial charge in [-0.2, -0.15) is 0 Å². The summed E-state index contributed by atoms with van der Waals surface area (Å²) in [6.07, 6.45) is 1.16. The van der Waals surface area contributed by atoms with Crippen molar-refractivity contribution >= 4 is 17.6 Å². The van der Waals surface area contributed by atoms with E-state index >= 15 is 0 Å². The predicted octanol–water partition coefficient (Wildman–Crippen LogP) is 2.01. The van der Waals surface area contributed by atoms with E-state index in [0.717, 1.165) is 0 Å². The maximum absolute atomic E-state index is 12.3. The largest absolute Gasteiger partial charge is 0.466 e. The Labute approximate surface area is 128 Å². The van der Waals surface area contributed by atoms with E-state index in [0.29, 0.717) is 38.1 Å². The molecule has 1 aliphatic heterocycles. The Bertz CT molecular complexity index is 562. The van der Waals surface area contributed by atoms with Gasteiger partial charge in [-0.15, -0.1) is 0 Å². The molecule has 1 saturated heterocycles. The summed E-state index contributed by atoms with van der Waals surface area (Å²) in [5.41, 5.74) is 0.373. The van der Waals surface area contributed by atoms with Gasteiger partial charge in [0.05, 0.1) is 17.4 Å². The number of ether oxygens (including phenoxy) is 1. The number of nitro groups is 1. The number of nitrogens with zero attached hydrogens (tertiary/aromatic N) is 2. The molecule has 0 N–H and O–H groups in total. The van der Waals surface area contributed by atoms with Crippen molar-refractivity contribution < 1.29 is 19.2 Å². The Hall–Kier alpha value is -2.44. The van der Waals surface area contributed by atoms with Gasteiger partial charge < -0.3 is 9.64 Å². The van der Waals surface area contributed by atoms with Gasteiger partial charge in [-0.05, 0) is 31.9 Å². The molecule has 0 aliphatic carbocycles. The van der Waals surface area contributed by atoms with E-state index in [-0.39, 0.29) is 23.5 Å². The Morgan fingerprint density at radius 2 is 1.86 bits per heavy atom. The van der Waals surface area contributed by atoms with Crippen LogP contribution in [-0.2, 0) is 9.53 Å². The van der Waals surface area contributed by atoms with E-state index in [2.05, 4.69) is 0 Å². The molecular formula is C15H18N2O5. The molecule has 0 radical (unpaired) electrons. The number of rotatable bonds is 4. The normalized spacial score (nSPS) is 15.4. The third-order valence-corrected chi connectivity index (χ3v) is 3.73. The summed E-state index contributed by atoms with van der Waals surface area (Å²) in [4.78, 5) is 35.7. The first-order valence-electron chi connectivity index (χ1n) is 7.23. The molecule has 7 heteroatoms. The van der Waals surface area contributed by atoms with Crippen LogP contribution in [0.5, 0.6) is 0 Å². The van der Waals surface area contributed by atoms with Crippen molar-refractivity contribution in [2.75, 3.05) is 19.7 Å². The molecule has 118 valence electrons. The number of benzene rings is 1. The van der Waals surface area contributed by atoms with Gasteiger partial charge in [0.2, 0.25) is 0 Å². The second-order valence-corrected chi connectivity index (χ2v) is 5.12. The lowest BCUT2D eigenvalue weighted by atomic mass is 9.96. The molecule has 22 heavy (non-hydrogen) atoms. The molecular weight excluding hydrogens is 288 g/mol. The maximum Gasteiger partial charge on any atom is 0.309 e. The molecule has 1 aromatic carbocycles. The smallest absolute Gasteiger partial charge is 0.309 e. The Morgan fingerprint density at radius 1 is 1.27 bits per heavy atom. The minimum atomic E-state index is -0.501. The number of esters is 1. The average molecular weight is 306 g/mol.